The van der Waals surface area contributed by atoms with E-state index in [1.165, 1.54) is 52.0 Å². The molecule has 4 aromatic rings. The number of fused-ring (bicyclic) bond motifs is 1. The molecule has 0 aliphatic carbocycles. The van der Waals surface area contributed by atoms with Crippen LogP contribution in [-0.4, -0.2) is 43.2 Å². The molecule has 38 heavy (non-hydrogen) atoms. The molecule has 2 N–H and O–H groups in total. The SMILES string of the molecule is CCCC(N)C(=O)Oc1ccc(Cc2c(-c3ccc(OCCN4CCCC4)cc3)sc3ccccc23)cc1. The molecule has 1 saturated heterocycles. The van der Waals surface area contributed by atoms with Crippen LogP contribution in [0.4, 0.5) is 0 Å². The molecular formula is C32H36N2O3S. The van der Waals surface area contributed by atoms with Gasteiger partial charge in [-0.15, -0.1) is 11.3 Å². The molecule has 2 heterocycles. The topological polar surface area (TPSA) is 64.8 Å². The molecule has 1 unspecified atom stereocenters. The highest BCUT2D eigenvalue weighted by molar-refractivity contribution is 7.22. The van der Waals surface area contributed by atoms with Crippen LogP contribution >= 0.6 is 11.3 Å². The molecule has 1 aliphatic heterocycles. The largest absolute Gasteiger partial charge is 0.492 e. The summed E-state index contributed by atoms with van der Waals surface area (Å²) in [4.78, 5) is 15.9. The van der Waals surface area contributed by atoms with Gasteiger partial charge in [0.15, 0.2) is 0 Å². The zero-order valence-electron chi connectivity index (χ0n) is 22.0. The minimum atomic E-state index is -0.582. The van der Waals surface area contributed by atoms with E-state index < -0.39 is 6.04 Å². The van der Waals surface area contributed by atoms with Gasteiger partial charge in [0.1, 0.15) is 24.1 Å². The Balaban J connectivity index is 1.30. The van der Waals surface area contributed by atoms with E-state index in [2.05, 4.69) is 53.4 Å². The zero-order chi connectivity index (χ0) is 26.3. The summed E-state index contributed by atoms with van der Waals surface area (Å²) in [5.41, 5.74) is 9.56. The van der Waals surface area contributed by atoms with Crippen LogP contribution in [0.2, 0.25) is 0 Å². The van der Waals surface area contributed by atoms with Gasteiger partial charge in [-0.2, -0.15) is 0 Å². The molecule has 198 valence electrons. The van der Waals surface area contributed by atoms with Gasteiger partial charge in [0.25, 0.3) is 0 Å². The fraction of sp³-hybridized carbons (Fsp3) is 0.344. The maximum Gasteiger partial charge on any atom is 0.328 e. The number of nitrogens with two attached hydrogens (primary N) is 1. The first-order valence-corrected chi connectivity index (χ1v) is 14.4. The van der Waals surface area contributed by atoms with Gasteiger partial charge in [-0.05, 0) is 103 Å². The van der Waals surface area contributed by atoms with Crippen molar-refractivity contribution in [1.29, 1.82) is 0 Å². The van der Waals surface area contributed by atoms with Crippen LogP contribution in [-0.2, 0) is 11.2 Å². The van der Waals surface area contributed by atoms with Gasteiger partial charge in [0.2, 0.25) is 0 Å². The Morgan fingerprint density at radius 3 is 2.42 bits per heavy atom. The summed E-state index contributed by atoms with van der Waals surface area (Å²) in [6.07, 6.45) is 4.86. The number of carbonyl (C=O) groups is 1. The van der Waals surface area contributed by atoms with Crippen LogP contribution in [0.3, 0.4) is 0 Å². The molecule has 0 bridgehead atoms. The van der Waals surface area contributed by atoms with Crippen molar-refractivity contribution in [1.82, 2.24) is 4.90 Å². The summed E-state index contributed by atoms with van der Waals surface area (Å²) in [5, 5.41) is 1.28. The molecule has 1 fully saturated rings. The normalized spacial score (nSPS) is 14.6. The van der Waals surface area contributed by atoms with Crippen molar-refractivity contribution in [3.8, 4) is 21.9 Å². The van der Waals surface area contributed by atoms with Crippen molar-refractivity contribution >= 4 is 27.4 Å². The lowest BCUT2D eigenvalue weighted by Crippen LogP contribution is -2.33. The number of carbonyl (C=O) groups excluding carboxylic acids is 1. The van der Waals surface area contributed by atoms with Crippen LogP contribution in [0.25, 0.3) is 20.5 Å². The molecule has 5 nitrogen and oxygen atoms in total. The van der Waals surface area contributed by atoms with Crippen LogP contribution in [0.5, 0.6) is 11.5 Å². The lowest BCUT2D eigenvalue weighted by atomic mass is 9.99. The van der Waals surface area contributed by atoms with Crippen molar-refractivity contribution in [2.75, 3.05) is 26.2 Å². The lowest BCUT2D eigenvalue weighted by molar-refractivity contribution is -0.136. The fourth-order valence-electron chi connectivity index (χ4n) is 5.01. The molecule has 0 spiro atoms. The summed E-state index contributed by atoms with van der Waals surface area (Å²) in [5.74, 6) is 1.06. The van der Waals surface area contributed by atoms with Gasteiger partial charge in [0, 0.05) is 16.1 Å². The van der Waals surface area contributed by atoms with E-state index in [4.69, 9.17) is 15.2 Å². The first kappa shape index (κ1) is 26.4. The number of hydrogen-bond acceptors (Lipinski definition) is 6. The van der Waals surface area contributed by atoms with Gasteiger partial charge >= 0.3 is 5.97 Å². The molecule has 5 rings (SSSR count). The van der Waals surface area contributed by atoms with Gasteiger partial charge < -0.3 is 15.2 Å². The standard InChI is InChI=1S/C32H36N2O3S/c1-2-7-29(33)32(35)37-26-14-10-23(11-15-26)22-28-27-8-3-4-9-30(27)38-31(28)24-12-16-25(17-13-24)36-21-20-34-18-5-6-19-34/h3-4,8-17,29H,2,5-7,18-22,33H2,1H3. The Hall–Kier alpha value is -3.19. The number of rotatable bonds is 11. The third-order valence-electron chi connectivity index (χ3n) is 7.11. The number of nitrogens with zero attached hydrogens (tertiary/aromatic N) is 1. The Kier molecular flexibility index (Phi) is 8.74. The summed E-state index contributed by atoms with van der Waals surface area (Å²) < 4.78 is 12.8. The average molecular weight is 529 g/mol. The van der Waals surface area contributed by atoms with Crippen molar-refractivity contribution in [2.24, 2.45) is 5.73 Å². The molecule has 6 heteroatoms. The minimum Gasteiger partial charge on any atom is -0.492 e. The first-order chi connectivity index (χ1) is 18.6. The van der Waals surface area contributed by atoms with E-state index >= 15 is 0 Å². The van der Waals surface area contributed by atoms with E-state index in [1.807, 2.05) is 42.5 Å². The summed E-state index contributed by atoms with van der Waals surface area (Å²) in [6.45, 7) is 6.11. The van der Waals surface area contributed by atoms with Crippen LogP contribution in [0, 0.1) is 0 Å². The number of ether oxygens (including phenoxy) is 2. The van der Waals surface area contributed by atoms with Crippen molar-refractivity contribution in [3.05, 3.63) is 83.9 Å². The molecule has 1 aliphatic rings. The van der Waals surface area contributed by atoms with Crippen LogP contribution in [0.1, 0.15) is 43.7 Å². The molecule has 1 atom stereocenters. The smallest absolute Gasteiger partial charge is 0.328 e. The quantitative estimate of drug-likeness (QED) is 0.174. The highest BCUT2D eigenvalue weighted by Gasteiger charge is 2.17. The predicted octanol–water partition coefficient (Wildman–Crippen LogP) is 6.67. The number of thiophene rings is 1. The minimum absolute atomic E-state index is 0.380. The van der Waals surface area contributed by atoms with E-state index in [-0.39, 0.29) is 5.97 Å². The second kappa shape index (κ2) is 12.6. The Morgan fingerprint density at radius 1 is 0.974 bits per heavy atom. The number of likely N-dealkylation sites (tertiary alicyclic amines) is 1. The van der Waals surface area contributed by atoms with E-state index in [0.29, 0.717) is 12.2 Å². The summed E-state index contributed by atoms with van der Waals surface area (Å²) in [7, 11) is 0. The first-order valence-electron chi connectivity index (χ1n) is 13.6. The van der Waals surface area contributed by atoms with E-state index in [9.17, 15) is 4.79 Å². The van der Waals surface area contributed by atoms with Gasteiger partial charge in [-0.3, -0.25) is 4.90 Å². The summed E-state index contributed by atoms with van der Waals surface area (Å²) >= 11 is 1.83. The van der Waals surface area contributed by atoms with Crippen molar-refractivity contribution in [3.63, 3.8) is 0 Å². The van der Waals surface area contributed by atoms with Gasteiger partial charge in [0.05, 0.1) is 0 Å². The lowest BCUT2D eigenvalue weighted by Gasteiger charge is -2.15. The number of hydrogen-bond donors (Lipinski definition) is 1. The van der Waals surface area contributed by atoms with E-state index in [1.54, 1.807) is 0 Å². The summed E-state index contributed by atoms with van der Waals surface area (Å²) in [6, 6.07) is 24.3. The van der Waals surface area contributed by atoms with Gasteiger partial charge in [-0.1, -0.05) is 43.7 Å². The van der Waals surface area contributed by atoms with E-state index in [0.717, 1.165) is 37.3 Å². The third-order valence-corrected chi connectivity index (χ3v) is 8.38. The van der Waals surface area contributed by atoms with Crippen molar-refractivity contribution < 1.29 is 14.3 Å². The highest BCUT2D eigenvalue weighted by Crippen LogP contribution is 2.40. The van der Waals surface area contributed by atoms with Crippen LogP contribution in [0.15, 0.2) is 72.8 Å². The average Bonchev–Trinajstić information content (AvgIpc) is 3.59. The maximum atomic E-state index is 12.2. The molecule has 0 amide bonds. The molecule has 0 saturated carbocycles. The Labute approximate surface area is 229 Å². The predicted molar refractivity (Wildman–Crippen MR) is 156 cm³/mol. The second-order valence-corrected chi connectivity index (χ2v) is 11.0. The molecule has 3 aromatic carbocycles. The molecule has 1 aromatic heterocycles. The van der Waals surface area contributed by atoms with Crippen molar-refractivity contribution in [2.45, 2.75) is 45.1 Å². The Morgan fingerprint density at radius 2 is 1.68 bits per heavy atom. The van der Waals surface area contributed by atoms with Gasteiger partial charge in [-0.25, -0.2) is 4.79 Å². The fourth-order valence-corrected chi connectivity index (χ4v) is 6.24. The Bertz CT molecular complexity index is 1340. The molecule has 0 radical (unpaired) electrons. The molecular weight excluding hydrogens is 492 g/mol. The number of benzene rings is 3. The second-order valence-electron chi connectivity index (χ2n) is 9.96. The monoisotopic (exact) mass is 528 g/mol. The van der Waals surface area contributed by atoms with Crippen LogP contribution < -0.4 is 15.2 Å². The maximum absolute atomic E-state index is 12.2. The highest BCUT2D eigenvalue weighted by atomic mass is 32.1. The number of esters is 1. The third kappa shape index (κ3) is 6.44. The zero-order valence-corrected chi connectivity index (χ0v) is 22.8.